The Morgan fingerprint density at radius 2 is 2.26 bits per heavy atom. The molecule has 122 valence electrons. The lowest BCUT2D eigenvalue weighted by molar-refractivity contribution is -0.122. The third-order valence-electron chi connectivity index (χ3n) is 4.34. The summed E-state index contributed by atoms with van der Waals surface area (Å²) in [6.07, 6.45) is 6.82. The Morgan fingerprint density at radius 3 is 2.91 bits per heavy atom. The van der Waals surface area contributed by atoms with Gasteiger partial charge in [-0.2, -0.15) is 0 Å². The van der Waals surface area contributed by atoms with Gasteiger partial charge in [-0.25, -0.2) is 4.98 Å². The fraction of sp³-hybridized carbons (Fsp3) is 0.444. The van der Waals surface area contributed by atoms with Crippen LogP contribution in [-0.4, -0.2) is 28.2 Å². The van der Waals surface area contributed by atoms with Gasteiger partial charge in [-0.15, -0.1) is 0 Å². The first-order chi connectivity index (χ1) is 11.2. The third-order valence-corrected chi connectivity index (χ3v) is 4.34. The van der Waals surface area contributed by atoms with Crippen molar-refractivity contribution >= 4 is 5.91 Å². The molecular formula is C18H23N3O2. The van der Waals surface area contributed by atoms with Crippen molar-refractivity contribution in [1.29, 1.82) is 0 Å². The van der Waals surface area contributed by atoms with Crippen molar-refractivity contribution in [2.45, 2.75) is 37.8 Å². The molecule has 1 aliphatic rings. The topological polar surface area (TPSA) is 56.2 Å². The summed E-state index contributed by atoms with van der Waals surface area (Å²) in [5.41, 5.74) is 2.17. The average Bonchev–Trinajstić information content (AvgIpc) is 3.23. The second kappa shape index (κ2) is 7.42. The van der Waals surface area contributed by atoms with Gasteiger partial charge in [0.15, 0.2) is 0 Å². The van der Waals surface area contributed by atoms with Crippen molar-refractivity contribution in [2.24, 2.45) is 7.05 Å². The summed E-state index contributed by atoms with van der Waals surface area (Å²) < 4.78 is 7.76. The molecule has 1 aromatic heterocycles. The minimum absolute atomic E-state index is 0.0514. The number of hydrogen-bond donors (Lipinski definition) is 1. The second-order valence-corrected chi connectivity index (χ2v) is 6.00. The van der Waals surface area contributed by atoms with Gasteiger partial charge in [0.2, 0.25) is 5.91 Å². The number of rotatable bonds is 6. The number of aromatic nitrogens is 2. The number of carbonyl (C=O) groups excluding carboxylic acids is 1. The van der Waals surface area contributed by atoms with E-state index in [9.17, 15) is 4.79 Å². The average molecular weight is 313 g/mol. The number of benzene rings is 1. The minimum atomic E-state index is -0.0715. The molecule has 1 aliphatic heterocycles. The van der Waals surface area contributed by atoms with Crippen molar-refractivity contribution in [1.82, 2.24) is 14.9 Å². The quantitative estimate of drug-likeness (QED) is 0.891. The van der Waals surface area contributed by atoms with E-state index in [1.165, 1.54) is 0 Å². The summed E-state index contributed by atoms with van der Waals surface area (Å²) in [5.74, 6) is 0.0514. The highest BCUT2D eigenvalue weighted by Crippen LogP contribution is 2.27. The third kappa shape index (κ3) is 3.99. The fourth-order valence-electron chi connectivity index (χ4n) is 3.03. The van der Waals surface area contributed by atoms with Gasteiger partial charge < -0.3 is 14.6 Å². The van der Waals surface area contributed by atoms with Gasteiger partial charge in [0, 0.05) is 32.0 Å². The van der Waals surface area contributed by atoms with Crippen LogP contribution in [0.2, 0.25) is 0 Å². The number of hydrogen-bond acceptors (Lipinski definition) is 3. The first kappa shape index (κ1) is 15.7. The van der Waals surface area contributed by atoms with Gasteiger partial charge in [0.05, 0.1) is 18.5 Å². The molecule has 1 amide bonds. The van der Waals surface area contributed by atoms with Crippen LogP contribution in [-0.2, 0) is 23.0 Å². The summed E-state index contributed by atoms with van der Waals surface area (Å²) in [6.45, 7) is 0.777. The van der Waals surface area contributed by atoms with E-state index in [4.69, 9.17) is 4.74 Å². The molecule has 5 nitrogen and oxygen atoms in total. The van der Waals surface area contributed by atoms with Crippen LogP contribution in [0.1, 0.15) is 36.6 Å². The predicted octanol–water partition coefficient (Wildman–Crippen LogP) is 2.39. The number of nitrogens with one attached hydrogen (secondary N) is 1. The first-order valence-corrected chi connectivity index (χ1v) is 8.15. The molecule has 0 aliphatic carbocycles. The number of nitrogens with zero attached hydrogens (tertiary/aromatic N) is 2. The van der Waals surface area contributed by atoms with Gasteiger partial charge in [0.1, 0.15) is 0 Å². The molecule has 1 fully saturated rings. The molecule has 2 atom stereocenters. The van der Waals surface area contributed by atoms with E-state index in [0.29, 0.717) is 12.8 Å². The van der Waals surface area contributed by atoms with E-state index in [2.05, 4.69) is 10.3 Å². The maximum absolute atomic E-state index is 12.4. The first-order valence-electron chi connectivity index (χ1n) is 8.15. The van der Waals surface area contributed by atoms with Gasteiger partial charge in [-0.1, -0.05) is 30.3 Å². The van der Waals surface area contributed by atoms with Crippen LogP contribution in [0.25, 0.3) is 0 Å². The molecule has 0 bridgehead atoms. The molecule has 0 saturated carbocycles. The summed E-state index contributed by atoms with van der Waals surface area (Å²) in [7, 11) is 1.94. The molecule has 2 aromatic rings. The Labute approximate surface area is 136 Å². The molecule has 1 saturated heterocycles. The zero-order valence-corrected chi connectivity index (χ0v) is 13.4. The highest BCUT2D eigenvalue weighted by molar-refractivity contribution is 5.76. The van der Waals surface area contributed by atoms with Gasteiger partial charge >= 0.3 is 0 Å². The van der Waals surface area contributed by atoms with Crippen LogP contribution >= 0.6 is 0 Å². The highest BCUT2D eigenvalue weighted by Gasteiger charge is 2.28. The predicted molar refractivity (Wildman–Crippen MR) is 87.8 cm³/mol. The van der Waals surface area contributed by atoms with E-state index in [1.807, 2.05) is 48.1 Å². The fourth-order valence-corrected chi connectivity index (χ4v) is 3.03. The number of amides is 1. The lowest BCUT2D eigenvalue weighted by atomic mass is 9.99. The van der Waals surface area contributed by atoms with Crippen molar-refractivity contribution in [3.63, 3.8) is 0 Å². The van der Waals surface area contributed by atoms with Gasteiger partial charge in [0.25, 0.3) is 0 Å². The monoisotopic (exact) mass is 313 g/mol. The molecule has 2 heterocycles. The zero-order valence-electron chi connectivity index (χ0n) is 13.4. The standard InChI is InChI=1S/C18H23N3O2/c1-21-13-19-12-15(21)9-10-17(22)20-18(16-8-5-11-23-16)14-6-3-2-4-7-14/h2-4,6-7,12-13,16,18H,5,8-11H2,1H3,(H,20,22)/t16-,18-/m1/s1. The molecule has 3 rings (SSSR count). The highest BCUT2D eigenvalue weighted by atomic mass is 16.5. The van der Waals surface area contributed by atoms with Crippen molar-refractivity contribution in [3.8, 4) is 0 Å². The molecule has 5 heteroatoms. The minimum Gasteiger partial charge on any atom is -0.376 e. The maximum atomic E-state index is 12.4. The summed E-state index contributed by atoms with van der Waals surface area (Å²) in [6, 6.07) is 10.0. The Morgan fingerprint density at radius 1 is 1.43 bits per heavy atom. The largest absolute Gasteiger partial charge is 0.376 e. The van der Waals surface area contributed by atoms with E-state index in [-0.39, 0.29) is 18.1 Å². The molecule has 1 aromatic carbocycles. The maximum Gasteiger partial charge on any atom is 0.220 e. The number of imidazole rings is 1. The van der Waals surface area contributed by atoms with E-state index >= 15 is 0 Å². The summed E-state index contributed by atoms with van der Waals surface area (Å²) in [5, 5.41) is 3.16. The summed E-state index contributed by atoms with van der Waals surface area (Å²) in [4.78, 5) is 16.5. The summed E-state index contributed by atoms with van der Waals surface area (Å²) >= 11 is 0. The van der Waals surface area contributed by atoms with Crippen LogP contribution in [0.4, 0.5) is 0 Å². The Hall–Kier alpha value is -2.14. The molecule has 0 unspecified atom stereocenters. The van der Waals surface area contributed by atoms with Crippen LogP contribution < -0.4 is 5.32 Å². The lowest BCUT2D eigenvalue weighted by Crippen LogP contribution is -2.36. The van der Waals surface area contributed by atoms with Crippen LogP contribution in [0.3, 0.4) is 0 Å². The smallest absolute Gasteiger partial charge is 0.220 e. The van der Waals surface area contributed by atoms with Crippen LogP contribution in [0.15, 0.2) is 42.9 Å². The van der Waals surface area contributed by atoms with Gasteiger partial charge in [-0.3, -0.25) is 4.79 Å². The van der Waals surface area contributed by atoms with E-state index in [0.717, 1.165) is 30.7 Å². The van der Waals surface area contributed by atoms with Crippen molar-refractivity contribution in [2.75, 3.05) is 6.61 Å². The molecule has 0 radical (unpaired) electrons. The normalized spacial score (nSPS) is 18.7. The number of carbonyl (C=O) groups is 1. The molecule has 1 N–H and O–H groups in total. The lowest BCUT2D eigenvalue weighted by Gasteiger charge is -2.24. The second-order valence-electron chi connectivity index (χ2n) is 6.00. The molecule has 23 heavy (non-hydrogen) atoms. The number of ether oxygens (including phenoxy) is 1. The Bertz CT molecular complexity index is 633. The Balaban J connectivity index is 1.63. The van der Waals surface area contributed by atoms with Crippen LogP contribution in [0.5, 0.6) is 0 Å². The zero-order chi connectivity index (χ0) is 16.1. The number of aryl methyl sites for hydroxylation is 2. The molecular weight excluding hydrogens is 290 g/mol. The van der Waals surface area contributed by atoms with E-state index < -0.39 is 0 Å². The Kier molecular flexibility index (Phi) is 5.08. The van der Waals surface area contributed by atoms with Crippen molar-refractivity contribution < 1.29 is 9.53 Å². The SMILES string of the molecule is Cn1cncc1CCC(=O)N[C@H](c1ccccc1)[C@H]1CCCO1. The molecule has 0 spiro atoms. The van der Waals surface area contributed by atoms with Crippen LogP contribution in [0, 0.1) is 0 Å². The van der Waals surface area contributed by atoms with E-state index in [1.54, 1.807) is 6.33 Å². The van der Waals surface area contributed by atoms with Crippen molar-refractivity contribution in [3.05, 3.63) is 54.1 Å². The van der Waals surface area contributed by atoms with Gasteiger partial charge in [-0.05, 0) is 24.8 Å².